The summed E-state index contributed by atoms with van der Waals surface area (Å²) in [6.07, 6.45) is 6.13. The highest BCUT2D eigenvalue weighted by molar-refractivity contribution is 8.00. The quantitative estimate of drug-likeness (QED) is 0.882. The molecule has 1 unspecified atom stereocenters. The Kier molecular flexibility index (Phi) is 3.53. The lowest BCUT2D eigenvalue weighted by atomic mass is 9.93. The summed E-state index contributed by atoms with van der Waals surface area (Å²) in [7, 11) is 0. The number of para-hydroxylation sites is 1. The number of rotatable bonds is 5. The predicted molar refractivity (Wildman–Crippen MR) is 77.6 cm³/mol. The summed E-state index contributed by atoms with van der Waals surface area (Å²) in [4.78, 5) is 0. The van der Waals surface area contributed by atoms with E-state index in [-0.39, 0.29) is 0 Å². The topological polar surface area (TPSA) is 21.3 Å². The maximum atomic E-state index is 5.70. The Morgan fingerprint density at radius 2 is 2.22 bits per heavy atom. The first-order valence-electron chi connectivity index (χ1n) is 6.81. The zero-order chi connectivity index (χ0) is 12.4. The van der Waals surface area contributed by atoms with Gasteiger partial charge in [0.05, 0.1) is 6.61 Å². The summed E-state index contributed by atoms with van der Waals surface area (Å²) in [5.41, 5.74) is 1.38. The van der Waals surface area contributed by atoms with E-state index < -0.39 is 0 Å². The van der Waals surface area contributed by atoms with Crippen LogP contribution in [0.15, 0.2) is 24.3 Å². The van der Waals surface area contributed by atoms with Crippen LogP contribution in [0.5, 0.6) is 5.75 Å². The smallest absolute Gasteiger partial charge is 0.122 e. The van der Waals surface area contributed by atoms with Crippen LogP contribution in [0.4, 0.5) is 0 Å². The molecule has 2 nitrogen and oxygen atoms in total. The Bertz CT molecular complexity index is 417. The Hall–Kier alpha value is -0.670. The Labute approximate surface area is 113 Å². The van der Waals surface area contributed by atoms with Gasteiger partial charge in [0, 0.05) is 23.8 Å². The first-order valence-corrected chi connectivity index (χ1v) is 8.03. The molecule has 1 fully saturated rings. The lowest BCUT2D eigenvalue weighted by Crippen LogP contribution is -2.31. The van der Waals surface area contributed by atoms with Gasteiger partial charge < -0.3 is 10.1 Å². The summed E-state index contributed by atoms with van der Waals surface area (Å²) in [6.45, 7) is 3.10. The number of fused-ring (bicyclic) bond motifs is 1. The average Bonchev–Trinajstić information content (AvgIpc) is 3.20. The molecule has 0 radical (unpaired) electrons. The fourth-order valence-corrected chi connectivity index (χ4v) is 3.45. The molecule has 3 rings (SSSR count). The summed E-state index contributed by atoms with van der Waals surface area (Å²) >= 11 is 2.02. The van der Waals surface area contributed by atoms with E-state index in [2.05, 4.69) is 35.8 Å². The number of thioether (sulfide) groups is 1. The Morgan fingerprint density at radius 3 is 3.00 bits per heavy atom. The van der Waals surface area contributed by atoms with E-state index in [9.17, 15) is 0 Å². The molecule has 98 valence electrons. The second-order valence-corrected chi connectivity index (χ2v) is 6.66. The maximum Gasteiger partial charge on any atom is 0.122 e. The number of hydrogen-bond donors (Lipinski definition) is 1. The van der Waals surface area contributed by atoms with Crippen LogP contribution in [0.2, 0.25) is 0 Å². The molecule has 1 aliphatic carbocycles. The second-order valence-electron chi connectivity index (χ2n) is 5.39. The van der Waals surface area contributed by atoms with Crippen LogP contribution in [-0.4, -0.2) is 30.7 Å². The van der Waals surface area contributed by atoms with E-state index >= 15 is 0 Å². The first-order chi connectivity index (χ1) is 8.83. The van der Waals surface area contributed by atoms with Crippen LogP contribution in [-0.2, 0) is 0 Å². The Balaban J connectivity index is 1.57. The van der Waals surface area contributed by atoms with Crippen LogP contribution in [0.1, 0.15) is 30.7 Å². The predicted octanol–water partition coefficient (Wildman–Crippen LogP) is 3.04. The van der Waals surface area contributed by atoms with Crippen molar-refractivity contribution in [3.8, 4) is 5.75 Å². The zero-order valence-corrected chi connectivity index (χ0v) is 11.8. The molecule has 2 aliphatic rings. The third kappa shape index (κ3) is 2.52. The van der Waals surface area contributed by atoms with Crippen molar-refractivity contribution in [2.75, 3.05) is 26.0 Å². The van der Waals surface area contributed by atoms with E-state index in [1.54, 1.807) is 0 Å². The van der Waals surface area contributed by atoms with Gasteiger partial charge in [-0.15, -0.1) is 0 Å². The molecule has 3 heteroatoms. The van der Waals surface area contributed by atoms with Gasteiger partial charge in [0.15, 0.2) is 0 Å². The van der Waals surface area contributed by atoms with Crippen molar-refractivity contribution in [2.45, 2.75) is 29.9 Å². The standard InChI is InChI=1S/C15H21NOS/c1-18-15(7-8-15)11-16-10-12-6-9-17-14-5-3-2-4-13(12)14/h2-5,12,16H,6-11H2,1H3. The molecular weight excluding hydrogens is 242 g/mol. The summed E-state index contributed by atoms with van der Waals surface area (Å²) < 4.78 is 6.26. The van der Waals surface area contributed by atoms with Gasteiger partial charge >= 0.3 is 0 Å². The first kappa shape index (κ1) is 12.4. The van der Waals surface area contributed by atoms with Gasteiger partial charge in [-0.2, -0.15) is 11.8 Å². The van der Waals surface area contributed by atoms with Gasteiger partial charge in [0.25, 0.3) is 0 Å². The minimum absolute atomic E-state index is 0.560. The van der Waals surface area contributed by atoms with Crippen molar-refractivity contribution in [2.24, 2.45) is 0 Å². The average molecular weight is 263 g/mol. The highest BCUT2D eigenvalue weighted by atomic mass is 32.2. The molecule has 1 heterocycles. The lowest BCUT2D eigenvalue weighted by Gasteiger charge is -2.26. The van der Waals surface area contributed by atoms with Crippen molar-refractivity contribution in [1.82, 2.24) is 5.32 Å². The molecule has 1 aliphatic heterocycles. The van der Waals surface area contributed by atoms with Crippen LogP contribution >= 0.6 is 11.8 Å². The highest BCUT2D eigenvalue weighted by Crippen LogP contribution is 2.46. The van der Waals surface area contributed by atoms with Crippen LogP contribution in [0, 0.1) is 0 Å². The molecular formula is C15H21NOS. The highest BCUT2D eigenvalue weighted by Gasteiger charge is 2.41. The third-order valence-electron chi connectivity index (χ3n) is 4.16. The number of nitrogens with one attached hydrogen (secondary N) is 1. The van der Waals surface area contributed by atoms with Gasteiger partial charge in [0.1, 0.15) is 5.75 Å². The number of benzene rings is 1. The normalized spacial score (nSPS) is 24.2. The van der Waals surface area contributed by atoms with Crippen LogP contribution in [0.3, 0.4) is 0 Å². The van der Waals surface area contributed by atoms with Gasteiger partial charge in [-0.1, -0.05) is 18.2 Å². The Morgan fingerprint density at radius 1 is 1.39 bits per heavy atom. The monoisotopic (exact) mass is 263 g/mol. The van der Waals surface area contributed by atoms with Crippen LogP contribution in [0.25, 0.3) is 0 Å². The van der Waals surface area contributed by atoms with Gasteiger partial charge in [-0.05, 0) is 37.1 Å². The fourth-order valence-electron chi connectivity index (χ4n) is 2.69. The zero-order valence-electron chi connectivity index (χ0n) is 10.9. The number of hydrogen-bond acceptors (Lipinski definition) is 3. The largest absolute Gasteiger partial charge is 0.493 e. The summed E-state index contributed by atoms with van der Waals surface area (Å²) in [5.74, 6) is 1.70. The molecule has 18 heavy (non-hydrogen) atoms. The van der Waals surface area contributed by atoms with Gasteiger partial charge in [-0.3, -0.25) is 0 Å². The van der Waals surface area contributed by atoms with E-state index in [1.165, 1.54) is 18.4 Å². The minimum atomic E-state index is 0.560. The molecule has 1 N–H and O–H groups in total. The molecule has 0 aromatic heterocycles. The lowest BCUT2D eigenvalue weighted by molar-refractivity contribution is 0.264. The summed E-state index contributed by atoms with van der Waals surface area (Å²) in [5, 5.41) is 3.67. The summed E-state index contributed by atoms with van der Waals surface area (Å²) in [6, 6.07) is 8.47. The second kappa shape index (κ2) is 5.14. The molecule has 1 aromatic rings. The molecule has 0 amide bonds. The van der Waals surface area contributed by atoms with Gasteiger partial charge in [0.2, 0.25) is 0 Å². The molecule has 1 aromatic carbocycles. The molecule has 0 saturated heterocycles. The van der Waals surface area contributed by atoms with Crippen molar-refractivity contribution < 1.29 is 4.74 Å². The molecule has 0 bridgehead atoms. The SMILES string of the molecule is CSC1(CNCC2CCOc3ccccc32)CC1. The fraction of sp³-hybridized carbons (Fsp3) is 0.600. The van der Waals surface area contributed by atoms with Crippen LogP contribution < -0.4 is 10.1 Å². The molecule has 1 saturated carbocycles. The van der Waals surface area contributed by atoms with Crippen molar-refractivity contribution in [3.63, 3.8) is 0 Å². The van der Waals surface area contributed by atoms with E-state index in [1.807, 2.05) is 11.8 Å². The van der Waals surface area contributed by atoms with E-state index in [0.29, 0.717) is 10.7 Å². The van der Waals surface area contributed by atoms with E-state index in [4.69, 9.17) is 4.74 Å². The number of ether oxygens (including phenoxy) is 1. The van der Waals surface area contributed by atoms with Crippen molar-refractivity contribution in [1.29, 1.82) is 0 Å². The van der Waals surface area contributed by atoms with Crippen molar-refractivity contribution in [3.05, 3.63) is 29.8 Å². The minimum Gasteiger partial charge on any atom is -0.493 e. The third-order valence-corrected chi connectivity index (χ3v) is 5.58. The maximum absolute atomic E-state index is 5.70. The molecule has 0 spiro atoms. The van der Waals surface area contributed by atoms with Crippen molar-refractivity contribution >= 4 is 11.8 Å². The molecule has 1 atom stereocenters. The van der Waals surface area contributed by atoms with Gasteiger partial charge in [-0.25, -0.2) is 0 Å². The van der Waals surface area contributed by atoms with E-state index in [0.717, 1.165) is 31.9 Å².